The predicted octanol–water partition coefficient (Wildman–Crippen LogP) is 1.82. The number of methoxy groups -OCH3 is 1. The van der Waals surface area contributed by atoms with Gasteiger partial charge in [0.1, 0.15) is 5.75 Å². The van der Waals surface area contributed by atoms with E-state index in [0.717, 1.165) is 24.2 Å². The van der Waals surface area contributed by atoms with Crippen LogP contribution < -0.4 is 4.74 Å². The molecule has 1 aromatic heterocycles. The van der Waals surface area contributed by atoms with Gasteiger partial charge >= 0.3 is 6.01 Å². The molecule has 0 aliphatic rings. The van der Waals surface area contributed by atoms with E-state index in [0.29, 0.717) is 11.8 Å². The molecule has 0 unspecified atom stereocenters. The van der Waals surface area contributed by atoms with Gasteiger partial charge in [-0.2, -0.15) is 0 Å². The molecule has 1 heterocycles. The summed E-state index contributed by atoms with van der Waals surface area (Å²) in [6, 6.07) is 7.64. The van der Waals surface area contributed by atoms with E-state index in [1.165, 1.54) is 0 Å². The molecular weight excluding hydrogens is 242 g/mol. The van der Waals surface area contributed by atoms with E-state index < -0.39 is 0 Å². The lowest BCUT2D eigenvalue weighted by molar-refractivity contribution is 0.316. The Bertz CT molecular complexity index is 528. The van der Waals surface area contributed by atoms with Crippen LogP contribution in [0.25, 0.3) is 0 Å². The zero-order valence-corrected chi connectivity index (χ0v) is 11.1. The summed E-state index contributed by atoms with van der Waals surface area (Å²) in [7, 11) is 3.55. The lowest BCUT2D eigenvalue weighted by Gasteiger charge is -2.16. The van der Waals surface area contributed by atoms with Crippen LogP contribution in [0.4, 0.5) is 0 Å². The molecule has 1 N–H and O–H groups in total. The van der Waals surface area contributed by atoms with Gasteiger partial charge in [0.05, 0.1) is 7.11 Å². The number of rotatable bonds is 5. The topological polar surface area (TPSA) is 58.5 Å². The van der Waals surface area contributed by atoms with Gasteiger partial charge in [0.15, 0.2) is 0 Å². The molecule has 0 radical (unpaired) electrons. The highest BCUT2D eigenvalue weighted by atomic mass is 16.5. The van der Waals surface area contributed by atoms with Crippen molar-refractivity contribution >= 4 is 0 Å². The summed E-state index contributed by atoms with van der Waals surface area (Å²) in [5, 5.41) is 9.42. The highest BCUT2D eigenvalue weighted by molar-refractivity contribution is 5.27. The average Bonchev–Trinajstić information content (AvgIpc) is 2.39. The number of aromatic nitrogens is 2. The standard InChI is InChI=1S/C14H17N3O2/c1-17(9-11-4-3-5-13(18)6-11)10-12-7-15-14(19-2)16-8-12/h3-8,18H,9-10H2,1-2H3. The minimum Gasteiger partial charge on any atom is -0.508 e. The van der Waals surface area contributed by atoms with Gasteiger partial charge in [-0.1, -0.05) is 12.1 Å². The number of phenols is 1. The van der Waals surface area contributed by atoms with Gasteiger partial charge in [-0.05, 0) is 24.7 Å². The number of phenolic OH excluding ortho intramolecular Hbond substituents is 1. The van der Waals surface area contributed by atoms with E-state index in [9.17, 15) is 5.11 Å². The van der Waals surface area contributed by atoms with E-state index in [2.05, 4.69) is 14.9 Å². The van der Waals surface area contributed by atoms with Gasteiger partial charge in [-0.3, -0.25) is 4.90 Å². The van der Waals surface area contributed by atoms with Crippen molar-refractivity contribution in [1.82, 2.24) is 14.9 Å². The normalized spacial score (nSPS) is 10.7. The fourth-order valence-electron chi connectivity index (χ4n) is 1.86. The van der Waals surface area contributed by atoms with Gasteiger partial charge in [-0.15, -0.1) is 0 Å². The third kappa shape index (κ3) is 3.93. The van der Waals surface area contributed by atoms with Crippen molar-refractivity contribution in [2.45, 2.75) is 13.1 Å². The molecule has 5 nitrogen and oxygen atoms in total. The van der Waals surface area contributed by atoms with Crippen LogP contribution in [-0.4, -0.2) is 34.1 Å². The number of benzene rings is 1. The summed E-state index contributed by atoms with van der Waals surface area (Å²) < 4.78 is 4.92. The molecular formula is C14H17N3O2. The smallest absolute Gasteiger partial charge is 0.316 e. The summed E-state index contributed by atoms with van der Waals surface area (Å²) in [5.41, 5.74) is 2.08. The van der Waals surface area contributed by atoms with Crippen LogP contribution in [0.3, 0.4) is 0 Å². The Kier molecular flexibility index (Phi) is 4.30. The number of hydrogen-bond donors (Lipinski definition) is 1. The largest absolute Gasteiger partial charge is 0.508 e. The second-order valence-electron chi connectivity index (χ2n) is 4.42. The van der Waals surface area contributed by atoms with Crippen LogP contribution >= 0.6 is 0 Å². The predicted molar refractivity (Wildman–Crippen MR) is 71.9 cm³/mol. The Labute approximate surface area is 112 Å². The molecule has 0 atom stereocenters. The second kappa shape index (κ2) is 6.15. The van der Waals surface area contributed by atoms with Gasteiger partial charge in [0, 0.05) is 31.0 Å². The second-order valence-corrected chi connectivity index (χ2v) is 4.42. The molecule has 0 bridgehead atoms. The molecule has 19 heavy (non-hydrogen) atoms. The lowest BCUT2D eigenvalue weighted by Crippen LogP contribution is -2.17. The van der Waals surface area contributed by atoms with E-state index in [-0.39, 0.29) is 0 Å². The van der Waals surface area contributed by atoms with Crippen LogP contribution in [0.1, 0.15) is 11.1 Å². The Hall–Kier alpha value is -2.14. The van der Waals surface area contributed by atoms with Crippen molar-refractivity contribution in [2.75, 3.05) is 14.2 Å². The van der Waals surface area contributed by atoms with Crippen LogP contribution in [0.15, 0.2) is 36.7 Å². The Morgan fingerprint density at radius 2 is 1.84 bits per heavy atom. The maximum absolute atomic E-state index is 9.42. The molecule has 100 valence electrons. The zero-order chi connectivity index (χ0) is 13.7. The minimum absolute atomic E-state index is 0.290. The first-order chi connectivity index (χ1) is 9.17. The van der Waals surface area contributed by atoms with Crippen LogP contribution in [0, 0.1) is 0 Å². The van der Waals surface area contributed by atoms with E-state index in [4.69, 9.17) is 4.74 Å². The number of hydrogen-bond acceptors (Lipinski definition) is 5. The Morgan fingerprint density at radius 3 is 2.47 bits per heavy atom. The third-order valence-corrected chi connectivity index (χ3v) is 2.68. The quantitative estimate of drug-likeness (QED) is 0.887. The lowest BCUT2D eigenvalue weighted by atomic mass is 10.2. The first-order valence-electron chi connectivity index (χ1n) is 5.99. The Balaban J connectivity index is 1.95. The number of ether oxygens (including phenoxy) is 1. The molecule has 2 aromatic rings. The van der Waals surface area contributed by atoms with Crippen molar-refractivity contribution in [3.63, 3.8) is 0 Å². The molecule has 5 heteroatoms. The van der Waals surface area contributed by atoms with Crippen molar-refractivity contribution in [1.29, 1.82) is 0 Å². The van der Waals surface area contributed by atoms with Crippen molar-refractivity contribution < 1.29 is 9.84 Å². The van der Waals surface area contributed by atoms with Crippen LogP contribution in [0.2, 0.25) is 0 Å². The average molecular weight is 259 g/mol. The van der Waals surface area contributed by atoms with Gasteiger partial charge in [0.2, 0.25) is 0 Å². The molecule has 0 spiro atoms. The van der Waals surface area contributed by atoms with Crippen LogP contribution in [0.5, 0.6) is 11.8 Å². The molecule has 0 fully saturated rings. The molecule has 0 aliphatic heterocycles. The molecule has 0 aliphatic carbocycles. The molecule has 1 aromatic carbocycles. The van der Waals surface area contributed by atoms with E-state index in [1.54, 1.807) is 31.6 Å². The summed E-state index contributed by atoms with van der Waals surface area (Å²) in [6.45, 7) is 1.49. The number of nitrogens with zero attached hydrogens (tertiary/aromatic N) is 3. The van der Waals surface area contributed by atoms with Crippen molar-refractivity contribution in [3.05, 3.63) is 47.8 Å². The highest BCUT2D eigenvalue weighted by Gasteiger charge is 2.04. The van der Waals surface area contributed by atoms with Crippen molar-refractivity contribution in [2.24, 2.45) is 0 Å². The van der Waals surface area contributed by atoms with E-state index >= 15 is 0 Å². The maximum atomic E-state index is 9.42. The first kappa shape index (κ1) is 13.3. The summed E-state index contributed by atoms with van der Waals surface area (Å²) in [6.07, 6.45) is 3.51. The summed E-state index contributed by atoms with van der Waals surface area (Å²) in [4.78, 5) is 10.3. The SMILES string of the molecule is COc1ncc(CN(C)Cc2cccc(O)c2)cn1. The summed E-state index contributed by atoms with van der Waals surface area (Å²) >= 11 is 0. The molecule has 0 saturated heterocycles. The maximum Gasteiger partial charge on any atom is 0.316 e. The Morgan fingerprint density at radius 1 is 1.16 bits per heavy atom. The molecule has 0 amide bonds. The minimum atomic E-state index is 0.290. The van der Waals surface area contributed by atoms with Gasteiger partial charge in [0.25, 0.3) is 0 Å². The molecule has 2 rings (SSSR count). The van der Waals surface area contributed by atoms with Crippen molar-refractivity contribution in [3.8, 4) is 11.8 Å². The van der Waals surface area contributed by atoms with Crippen LogP contribution in [-0.2, 0) is 13.1 Å². The fourth-order valence-corrected chi connectivity index (χ4v) is 1.86. The third-order valence-electron chi connectivity index (χ3n) is 2.68. The number of aromatic hydroxyl groups is 1. The molecule has 0 saturated carbocycles. The zero-order valence-electron chi connectivity index (χ0n) is 11.1. The fraction of sp³-hybridized carbons (Fsp3) is 0.286. The van der Waals surface area contributed by atoms with Gasteiger partial charge in [-0.25, -0.2) is 9.97 Å². The monoisotopic (exact) mass is 259 g/mol. The highest BCUT2D eigenvalue weighted by Crippen LogP contribution is 2.13. The van der Waals surface area contributed by atoms with Gasteiger partial charge < -0.3 is 9.84 Å². The first-order valence-corrected chi connectivity index (χ1v) is 5.99. The van der Waals surface area contributed by atoms with E-state index in [1.807, 2.05) is 19.2 Å². The summed E-state index contributed by atoms with van der Waals surface area (Å²) in [5.74, 6) is 0.290.